The molecule has 0 saturated heterocycles. The Morgan fingerprint density at radius 1 is 1.40 bits per heavy atom. The van der Waals surface area contributed by atoms with Gasteiger partial charge in [-0.2, -0.15) is 0 Å². The van der Waals surface area contributed by atoms with Crippen LogP contribution in [-0.2, 0) is 0 Å². The minimum absolute atomic E-state index is 0.0988. The Morgan fingerprint density at radius 3 is 2.53 bits per heavy atom. The fourth-order valence-corrected chi connectivity index (χ4v) is 1.57. The van der Waals surface area contributed by atoms with E-state index in [2.05, 4.69) is 5.32 Å². The van der Waals surface area contributed by atoms with Gasteiger partial charge in [0.1, 0.15) is 0 Å². The van der Waals surface area contributed by atoms with Crippen LogP contribution in [0.2, 0.25) is 0 Å². The molecule has 0 aromatic heterocycles. The van der Waals surface area contributed by atoms with Crippen LogP contribution in [0.5, 0.6) is 11.5 Å². The van der Waals surface area contributed by atoms with E-state index in [-0.39, 0.29) is 11.8 Å². The molecule has 0 radical (unpaired) electrons. The van der Waals surface area contributed by atoms with E-state index in [4.69, 9.17) is 4.74 Å². The van der Waals surface area contributed by atoms with Crippen molar-refractivity contribution in [3.05, 3.63) is 23.8 Å². The molecule has 0 spiro atoms. The van der Waals surface area contributed by atoms with Gasteiger partial charge < -0.3 is 20.3 Å². The van der Waals surface area contributed by atoms with E-state index >= 15 is 0 Å². The zero-order valence-corrected chi connectivity index (χ0v) is 9.19. The largest absolute Gasteiger partial charge is 0.504 e. The second-order valence-electron chi connectivity index (χ2n) is 3.44. The van der Waals surface area contributed by atoms with Crippen molar-refractivity contribution in [1.82, 2.24) is 5.32 Å². The van der Waals surface area contributed by atoms with Crippen LogP contribution in [0.1, 0.15) is 18.5 Å². The quantitative estimate of drug-likeness (QED) is 0.696. The van der Waals surface area contributed by atoms with Crippen molar-refractivity contribution in [3.63, 3.8) is 0 Å². The topological polar surface area (TPSA) is 61.7 Å². The summed E-state index contributed by atoms with van der Waals surface area (Å²) in [5, 5.41) is 22.0. The number of phenols is 1. The summed E-state index contributed by atoms with van der Waals surface area (Å²) < 4.78 is 5.00. The molecule has 0 aliphatic carbocycles. The number of rotatable bonds is 4. The molecule has 0 amide bonds. The number of aliphatic hydroxyl groups excluding tert-OH is 1. The predicted molar refractivity (Wildman–Crippen MR) is 58.1 cm³/mol. The summed E-state index contributed by atoms with van der Waals surface area (Å²) in [4.78, 5) is 0. The highest BCUT2D eigenvalue weighted by Crippen LogP contribution is 2.29. The highest BCUT2D eigenvalue weighted by Gasteiger charge is 2.16. The molecule has 0 aliphatic heterocycles. The first kappa shape index (κ1) is 11.8. The molecule has 1 aromatic carbocycles. The van der Waals surface area contributed by atoms with Gasteiger partial charge >= 0.3 is 0 Å². The van der Waals surface area contributed by atoms with Crippen LogP contribution in [0, 0.1) is 0 Å². The molecule has 3 N–H and O–H groups in total. The van der Waals surface area contributed by atoms with E-state index in [1.165, 1.54) is 7.11 Å². The minimum Gasteiger partial charge on any atom is -0.504 e. The standard InChI is InChI=1S/C11H17NO3/c1-7(13)11(12-2)8-4-5-9(14)10(6-8)15-3/h4-7,11-14H,1-3H3. The van der Waals surface area contributed by atoms with E-state index < -0.39 is 6.10 Å². The molecule has 0 saturated carbocycles. The molecule has 0 fully saturated rings. The first-order chi connectivity index (χ1) is 7.10. The third-order valence-electron chi connectivity index (χ3n) is 2.36. The normalized spacial score (nSPS) is 14.7. The highest BCUT2D eigenvalue weighted by atomic mass is 16.5. The van der Waals surface area contributed by atoms with Gasteiger partial charge in [0.05, 0.1) is 19.3 Å². The Bertz CT molecular complexity index is 326. The minimum atomic E-state index is -0.510. The fraction of sp³-hybridized carbons (Fsp3) is 0.455. The van der Waals surface area contributed by atoms with E-state index in [9.17, 15) is 10.2 Å². The van der Waals surface area contributed by atoms with Gasteiger partial charge in [0, 0.05) is 0 Å². The van der Waals surface area contributed by atoms with Crippen LogP contribution >= 0.6 is 0 Å². The average molecular weight is 211 g/mol. The van der Waals surface area contributed by atoms with Crippen molar-refractivity contribution < 1.29 is 14.9 Å². The molecule has 0 bridgehead atoms. The number of likely N-dealkylation sites (N-methyl/N-ethyl adjacent to an activating group) is 1. The Balaban J connectivity index is 3.03. The number of hydrogen-bond acceptors (Lipinski definition) is 4. The Hall–Kier alpha value is -1.26. The zero-order valence-electron chi connectivity index (χ0n) is 9.19. The molecule has 4 heteroatoms. The molecule has 1 aromatic rings. The van der Waals surface area contributed by atoms with Crippen molar-refractivity contribution in [1.29, 1.82) is 0 Å². The van der Waals surface area contributed by atoms with Crippen LogP contribution < -0.4 is 10.1 Å². The van der Waals surface area contributed by atoms with E-state index in [1.807, 2.05) is 0 Å². The molecule has 84 valence electrons. The van der Waals surface area contributed by atoms with Gasteiger partial charge in [-0.3, -0.25) is 0 Å². The summed E-state index contributed by atoms with van der Waals surface area (Å²) in [6, 6.07) is 4.86. The number of aromatic hydroxyl groups is 1. The molecular weight excluding hydrogens is 194 g/mol. The van der Waals surface area contributed by atoms with Crippen LogP contribution in [0.4, 0.5) is 0 Å². The third-order valence-corrected chi connectivity index (χ3v) is 2.36. The predicted octanol–water partition coefficient (Wildman–Crippen LogP) is 1.04. The Labute approximate surface area is 89.5 Å². The molecule has 4 nitrogen and oxygen atoms in total. The van der Waals surface area contributed by atoms with Gasteiger partial charge in [-0.15, -0.1) is 0 Å². The molecule has 0 heterocycles. The molecule has 2 atom stereocenters. The molecule has 15 heavy (non-hydrogen) atoms. The second kappa shape index (κ2) is 5.00. The van der Waals surface area contributed by atoms with Crippen molar-refractivity contribution in [2.24, 2.45) is 0 Å². The van der Waals surface area contributed by atoms with Gasteiger partial charge in [0.15, 0.2) is 11.5 Å². The maximum Gasteiger partial charge on any atom is 0.160 e. The lowest BCUT2D eigenvalue weighted by Crippen LogP contribution is -2.26. The van der Waals surface area contributed by atoms with Crippen molar-refractivity contribution in [3.8, 4) is 11.5 Å². The number of phenolic OH excluding ortho intramolecular Hbond substituents is 1. The van der Waals surface area contributed by atoms with Crippen LogP contribution in [0.15, 0.2) is 18.2 Å². The number of methoxy groups -OCH3 is 1. The summed E-state index contributed by atoms with van der Waals surface area (Å²) in [5.41, 5.74) is 0.877. The maximum atomic E-state index is 9.53. The van der Waals surface area contributed by atoms with Gasteiger partial charge in [-0.1, -0.05) is 6.07 Å². The summed E-state index contributed by atoms with van der Waals surface area (Å²) in [5.74, 6) is 0.509. The number of nitrogens with one attached hydrogen (secondary N) is 1. The number of hydrogen-bond donors (Lipinski definition) is 3. The summed E-state index contributed by atoms with van der Waals surface area (Å²) in [6.45, 7) is 1.71. The summed E-state index contributed by atoms with van der Waals surface area (Å²) >= 11 is 0. The first-order valence-electron chi connectivity index (χ1n) is 4.82. The Morgan fingerprint density at radius 2 is 2.07 bits per heavy atom. The lowest BCUT2D eigenvalue weighted by molar-refractivity contribution is 0.150. The lowest BCUT2D eigenvalue weighted by atomic mass is 10.0. The Kier molecular flexibility index (Phi) is 3.94. The van der Waals surface area contributed by atoms with Gasteiger partial charge in [-0.25, -0.2) is 0 Å². The molecule has 1 rings (SSSR count). The van der Waals surface area contributed by atoms with E-state index in [1.54, 1.807) is 32.2 Å². The lowest BCUT2D eigenvalue weighted by Gasteiger charge is -2.20. The molecule has 0 aliphatic rings. The number of ether oxygens (including phenoxy) is 1. The van der Waals surface area contributed by atoms with Gasteiger partial charge in [0.2, 0.25) is 0 Å². The maximum absolute atomic E-state index is 9.53. The first-order valence-corrected chi connectivity index (χ1v) is 4.82. The number of aliphatic hydroxyl groups is 1. The van der Waals surface area contributed by atoms with Crippen LogP contribution in [0.25, 0.3) is 0 Å². The van der Waals surface area contributed by atoms with Crippen LogP contribution in [0.3, 0.4) is 0 Å². The van der Waals surface area contributed by atoms with Crippen molar-refractivity contribution in [2.45, 2.75) is 19.1 Å². The van der Waals surface area contributed by atoms with E-state index in [0.29, 0.717) is 5.75 Å². The second-order valence-corrected chi connectivity index (χ2v) is 3.44. The van der Waals surface area contributed by atoms with Crippen molar-refractivity contribution in [2.75, 3.05) is 14.2 Å². The van der Waals surface area contributed by atoms with E-state index in [0.717, 1.165) is 5.56 Å². The molecule has 2 unspecified atom stereocenters. The zero-order chi connectivity index (χ0) is 11.4. The van der Waals surface area contributed by atoms with Crippen molar-refractivity contribution >= 4 is 0 Å². The smallest absolute Gasteiger partial charge is 0.160 e. The van der Waals surface area contributed by atoms with Gasteiger partial charge in [0.25, 0.3) is 0 Å². The highest BCUT2D eigenvalue weighted by molar-refractivity contribution is 5.42. The third kappa shape index (κ3) is 2.61. The van der Waals surface area contributed by atoms with Crippen LogP contribution in [-0.4, -0.2) is 30.5 Å². The fourth-order valence-electron chi connectivity index (χ4n) is 1.57. The monoisotopic (exact) mass is 211 g/mol. The number of benzene rings is 1. The summed E-state index contributed by atoms with van der Waals surface area (Å²) in [6.07, 6.45) is -0.510. The SMILES string of the molecule is CNC(c1ccc(O)c(OC)c1)C(C)O. The average Bonchev–Trinajstić information content (AvgIpc) is 2.21. The molecular formula is C11H17NO3. The van der Waals surface area contributed by atoms with Gasteiger partial charge in [-0.05, 0) is 31.7 Å². The summed E-state index contributed by atoms with van der Waals surface area (Å²) in [7, 11) is 3.27.